The second-order valence-corrected chi connectivity index (χ2v) is 5.87. The highest BCUT2D eigenvalue weighted by Gasteiger charge is 2.44. The Morgan fingerprint density at radius 3 is 2.46 bits per heavy atom. The van der Waals surface area contributed by atoms with Crippen molar-refractivity contribution in [2.45, 2.75) is 12.8 Å². The van der Waals surface area contributed by atoms with E-state index in [1.54, 1.807) is 0 Å². The highest BCUT2D eigenvalue weighted by Crippen LogP contribution is 2.35. The van der Waals surface area contributed by atoms with Crippen LogP contribution in [0.25, 0.3) is 0 Å². The number of likely N-dealkylation sites (tertiary alicyclic amines) is 1. The van der Waals surface area contributed by atoms with Gasteiger partial charge in [-0.25, -0.2) is 4.79 Å². The van der Waals surface area contributed by atoms with Crippen molar-refractivity contribution in [3.63, 3.8) is 0 Å². The minimum Gasteiger partial charge on any atom is -0.465 e. The molecule has 0 aliphatic carbocycles. The number of piperidine rings is 1. The Balaban J connectivity index is 1.72. The number of alkyl halides is 3. The van der Waals surface area contributed by atoms with Gasteiger partial charge < -0.3 is 19.6 Å². The number of rotatable bonds is 2. The maximum absolute atomic E-state index is 12.6. The first-order valence-electron chi connectivity index (χ1n) is 7.39. The molecule has 1 aromatic carbocycles. The molecule has 2 heterocycles. The topological polar surface area (TPSA) is 70.1 Å². The number of benzene rings is 1. The summed E-state index contributed by atoms with van der Waals surface area (Å²) in [5.74, 6) is -0.954. The summed E-state index contributed by atoms with van der Waals surface area (Å²) in [7, 11) is 0. The van der Waals surface area contributed by atoms with Crippen LogP contribution in [0.5, 0.6) is 5.75 Å². The normalized spacial score (nSPS) is 24.0. The molecule has 2 amide bonds. The van der Waals surface area contributed by atoms with Crippen molar-refractivity contribution in [2.75, 3.05) is 24.5 Å². The molecule has 0 bridgehead atoms. The summed E-state index contributed by atoms with van der Waals surface area (Å²) >= 11 is 0. The first-order chi connectivity index (χ1) is 11.2. The van der Waals surface area contributed by atoms with Crippen LogP contribution in [-0.4, -0.2) is 48.0 Å². The molecule has 2 unspecified atom stereocenters. The lowest BCUT2D eigenvalue weighted by molar-refractivity contribution is -0.274. The van der Waals surface area contributed by atoms with Gasteiger partial charge in [-0.2, -0.15) is 0 Å². The summed E-state index contributed by atoms with van der Waals surface area (Å²) in [6.45, 7) is 0.912. The monoisotopic (exact) mass is 344 g/mol. The fourth-order valence-electron chi connectivity index (χ4n) is 3.29. The van der Waals surface area contributed by atoms with Gasteiger partial charge in [-0.05, 0) is 36.6 Å². The maximum atomic E-state index is 12.6. The van der Waals surface area contributed by atoms with Gasteiger partial charge in [-0.15, -0.1) is 13.2 Å². The lowest BCUT2D eigenvalue weighted by Gasteiger charge is -2.33. The fraction of sp³-hybridized carbons (Fsp3) is 0.467. The maximum Gasteiger partial charge on any atom is 0.573 e. The highest BCUT2D eigenvalue weighted by atomic mass is 19.4. The van der Waals surface area contributed by atoms with E-state index in [9.17, 15) is 22.8 Å². The largest absolute Gasteiger partial charge is 0.573 e. The number of hydrogen-bond donors (Lipinski definition) is 1. The molecule has 2 fully saturated rings. The summed E-state index contributed by atoms with van der Waals surface area (Å²) in [5.41, 5.74) is 0.474. The lowest BCUT2D eigenvalue weighted by atomic mass is 9.87. The molecule has 6 nitrogen and oxygen atoms in total. The fourth-order valence-corrected chi connectivity index (χ4v) is 3.29. The first-order valence-corrected chi connectivity index (χ1v) is 7.39. The summed E-state index contributed by atoms with van der Waals surface area (Å²) in [5, 5.41) is 9.05. The van der Waals surface area contributed by atoms with E-state index in [-0.39, 0.29) is 24.1 Å². The van der Waals surface area contributed by atoms with E-state index >= 15 is 0 Å². The number of hydrogen-bond acceptors (Lipinski definition) is 3. The number of carbonyl (C=O) groups is 2. The average Bonchev–Trinajstić information content (AvgIpc) is 2.92. The minimum atomic E-state index is -4.76. The van der Waals surface area contributed by atoms with Crippen LogP contribution in [0.1, 0.15) is 6.42 Å². The third-order valence-electron chi connectivity index (χ3n) is 4.40. The second kappa shape index (κ2) is 5.88. The number of halogens is 3. The van der Waals surface area contributed by atoms with E-state index in [4.69, 9.17) is 5.11 Å². The average molecular weight is 344 g/mol. The van der Waals surface area contributed by atoms with Gasteiger partial charge in [0, 0.05) is 25.3 Å². The molecule has 2 saturated heterocycles. The summed E-state index contributed by atoms with van der Waals surface area (Å²) in [6.07, 6.45) is -5.15. The number of carbonyl (C=O) groups excluding carboxylic acids is 1. The Bertz CT molecular complexity index is 647. The van der Waals surface area contributed by atoms with Crippen molar-refractivity contribution >= 4 is 17.7 Å². The SMILES string of the molecule is O=C(O)N1CC2CCN(c3ccc(OC(F)(F)F)cc3)C(=O)C2C1. The van der Waals surface area contributed by atoms with Crippen molar-refractivity contribution in [2.24, 2.45) is 11.8 Å². The molecule has 130 valence electrons. The van der Waals surface area contributed by atoms with Gasteiger partial charge in [0.05, 0.1) is 5.92 Å². The molecule has 9 heteroatoms. The van der Waals surface area contributed by atoms with Gasteiger partial charge >= 0.3 is 12.5 Å². The standard InChI is InChI=1S/C15H15F3N2O4/c16-15(17,18)24-11-3-1-10(2-4-11)20-6-5-9-7-19(14(22)23)8-12(9)13(20)21/h1-4,9,12H,5-8H2,(H,22,23). The van der Waals surface area contributed by atoms with E-state index < -0.39 is 18.4 Å². The van der Waals surface area contributed by atoms with Gasteiger partial charge in [-0.3, -0.25) is 4.79 Å². The predicted octanol–water partition coefficient (Wildman–Crippen LogP) is 2.55. The summed E-state index contributed by atoms with van der Waals surface area (Å²) in [6, 6.07) is 5.09. The zero-order chi connectivity index (χ0) is 17.5. The van der Waals surface area contributed by atoms with Crippen LogP contribution < -0.4 is 9.64 Å². The number of anilines is 1. The van der Waals surface area contributed by atoms with Crippen molar-refractivity contribution in [1.29, 1.82) is 0 Å². The third-order valence-corrected chi connectivity index (χ3v) is 4.40. The van der Waals surface area contributed by atoms with Crippen LogP contribution in [0.4, 0.5) is 23.7 Å². The summed E-state index contributed by atoms with van der Waals surface area (Å²) in [4.78, 5) is 26.4. The van der Waals surface area contributed by atoms with Crippen LogP contribution in [0.2, 0.25) is 0 Å². The van der Waals surface area contributed by atoms with Crippen LogP contribution in [0.3, 0.4) is 0 Å². The van der Waals surface area contributed by atoms with Crippen LogP contribution >= 0.6 is 0 Å². The second-order valence-electron chi connectivity index (χ2n) is 5.87. The molecule has 2 aliphatic rings. The van der Waals surface area contributed by atoms with Gasteiger partial charge in [0.15, 0.2) is 0 Å². The van der Waals surface area contributed by atoms with Crippen LogP contribution in [0.15, 0.2) is 24.3 Å². The van der Waals surface area contributed by atoms with E-state index in [1.165, 1.54) is 21.9 Å². The van der Waals surface area contributed by atoms with Crippen molar-refractivity contribution in [1.82, 2.24) is 4.90 Å². The van der Waals surface area contributed by atoms with Crippen LogP contribution in [0, 0.1) is 11.8 Å². The minimum absolute atomic E-state index is 0.00214. The number of ether oxygens (including phenoxy) is 1. The Labute approximate surface area is 135 Å². The van der Waals surface area contributed by atoms with E-state index in [0.29, 0.717) is 25.2 Å². The zero-order valence-electron chi connectivity index (χ0n) is 12.5. The predicted molar refractivity (Wildman–Crippen MR) is 76.7 cm³/mol. The quantitative estimate of drug-likeness (QED) is 0.895. The Kier molecular flexibility index (Phi) is 4.02. The number of nitrogens with zero attached hydrogens (tertiary/aromatic N) is 2. The van der Waals surface area contributed by atoms with Crippen molar-refractivity contribution < 1.29 is 32.6 Å². The number of carboxylic acid groups (broad SMARTS) is 1. The Morgan fingerprint density at radius 2 is 1.88 bits per heavy atom. The highest BCUT2D eigenvalue weighted by molar-refractivity contribution is 5.96. The van der Waals surface area contributed by atoms with Gasteiger partial charge in [0.2, 0.25) is 5.91 Å². The molecular formula is C15H15F3N2O4. The van der Waals surface area contributed by atoms with Crippen LogP contribution in [-0.2, 0) is 4.79 Å². The van der Waals surface area contributed by atoms with Crippen molar-refractivity contribution in [3.05, 3.63) is 24.3 Å². The Hall–Kier alpha value is -2.45. The Morgan fingerprint density at radius 1 is 1.21 bits per heavy atom. The zero-order valence-corrected chi connectivity index (χ0v) is 12.5. The molecule has 3 rings (SSSR count). The first kappa shape index (κ1) is 16.4. The molecule has 0 spiro atoms. The number of amides is 2. The van der Waals surface area contributed by atoms with Gasteiger partial charge in [-0.1, -0.05) is 0 Å². The molecule has 0 aromatic heterocycles. The molecule has 2 aliphatic heterocycles. The molecule has 0 saturated carbocycles. The van der Waals surface area contributed by atoms with E-state index in [1.807, 2.05) is 0 Å². The molecule has 0 radical (unpaired) electrons. The molecule has 24 heavy (non-hydrogen) atoms. The molecule has 1 N–H and O–H groups in total. The smallest absolute Gasteiger partial charge is 0.465 e. The van der Waals surface area contributed by atoms with Gasteiger partial charge in [0.25, 0.3) is 0 Å². The number of fused-ring (bicyclic) bond motifs is 1. The van der Waals surface area contributed by atoms with Crippen molar-refractivity contribution in [3.8, 4) is 5.75 Å². The van der Waals surface area contributed by atoms with Gasteiger partial charge in [0.1, 0.15) is 5.75 Å². The van der Waals surface area contributed by atoms with E-state index in [0.717, 1.165) is 12.1 Å². The summed E-state index contributed by atoms with van der Waals surface area (Å²) < 4.78 is 40.3. The lowest BCUT2D eigenvalue weighted by Crippen LogP contribution is -2.45. The molecular weight excluding hydrogens is 329 g/mol. The third kappa shape index (κ3) is 3.24. The van der Waals surface area contributed by atoms with E-state index in [2.05, 4.69) is 4.74 Å². The molecule has 1 aromatic rings. The molecule has 2 atom stereocenters.